The van der Waals surface area contributed by atoms with Crippen LogP contribution < -0.4 is 11.3 Å². The van der Waals surface area contributed by atoms with E-state index in [2.05, 4.69) is 10.00 Å². The molecule has 0 spiro atoms. The van der Waals surface area contributed by atoms with Crippen LogP contribution in [0, 0.1) is 0 Å². The van der Waals surface area contributed by atoms with Crippen molar-refractivity contribution in [2.24, 2.45) is 0 Å². The highest BCUT2D eigenvalue weighted by atomic mass is 16.5. The third-order valence-electron chi connectivity index (χ3n) is 2.62. The maximum absolute atomic E-state index is 11.4. The van der Waals surface area contributed by atoms with Gasteiger partial charge in [-0.2, -0.15) is 5.10 Å². The molecule has 2 heterocycles. The van der Waals surface area contributed by atoms with Gasteiger partial charge in [0.05, 0.1) is 19.8 Å². The summed E-state index contributed by atoms with van der Waals surface area (Å²) < 4.78 is 6.66. The zero-order valence-electron chi connectivity index (χ0n) is 9.13. The lowest BCUT2D eigenvalue weighted by molar-refractivity contribution is 0.0358. The monoisotopic (exact) mass is 224 g/mol. The molecular weight excluding hydrogens is 208 g/mol. The number of nitrogen functional groups attached to an aromatic ring is 1. The van der Waals surface area contributed by atoms with E-state index in [1.807, 2.05) is 0 Å². The molecule has 16 heavy (non-hydrogen) atoms. The van der Waals surface area contributed by atoms with Crippen LogP contribution in [0.3, 0.4) is 0 Å². The summed E-state index contributed by atoms with van der Waals surface area (Å²) in [6.45, 7) is 4.73. The van der Waals surface area contributed by atoms with Crippen molar-refractivity contribution >= 4 is 5.82 Å². The number of morpholine rings is 1. The van der Waals surface area contributed by atoms with Gasteiger partial charge in [0.25, 0.3) is 5.56 Å². The molecule has 6 nitrogen and oxygen atoms in total. The summed E-state index contributed by atoms with van der Waals surface area (Å²) in [4.78, 5) is 13.7. The van der Waals surface area contributed by atoms with E-state index in [4.69, 9.17) is 10.5 Å². The van der Waals surface area contributed by atoms with E-state index >= 15 is 0 Å². The normalized spacial score (nSPS) is 17.5. The van der Waals surface area contributed by atoms with E-state index < -0.39 is 0 Å². The van der Waals surface area contributed by atoms with Gasteiger partial charge in [-0.25, -0.2) is 4.68 Å². The fourth-order valence-corrected chi connectivity index (χ4v) is 1.69. The number of rotatable bonds is 3. The molecule has 0 unspecified atom stereocenters. The van der Waals surface area contributed by atoms with Crippen molar-refractivity contribution in [1.82, 2.24) is 14.7 Å². The van der Waals surface area contributed by atoms with Crippen molar-refractivity contribution in [3.8, 4) is 0 Å². The van der Waals surface area contributed by atoms with Crippen molar-refractivity contribution in [3.05, 3.63) is 22.5 Å². The van der Waals surface area contributed by atoms with Crippen molar-refractivity contribution in [2.75, 3.05) is 38.6 Å². The maximum atomic E-state index is 11.4. The van der Waals surface area contributed by atoms with Crippen LogP contribution >= 0.6 is 0 Å². The van der Waals surface area contributed by atoms with Gasteiger partial charge in [-0.15, -0.1) is 0 Å². The number of hydrogen-bond acceptors (Lipinski definition) is 5. The van der Waals surface area contributed by atoms with E-state index in [1.54, 1.807) is 0 Å². The molecule has 1 aromatic rings. The standard InChI is InChI=1S/C10H16N4O2/c11-9-1-2-10(15)14(12-9)4-3-13-5-7-16-8-6-13/h1-2H,3-8H2,(H2,11,12). The minimum absolute atomic E-state index is 0.109. The Bertz CT molecular complexity index is 398. The molecule has 0 bridgehead atoms. The third-order valence-corrected chi connectivity index (χ3v) is 2.62. The molecule has 2 rings (SSSR count). The molecule has 1 fully saturated rings. The van der Waals surface area contributed by atoms with Gasteiger partial charge < -0.3 is 10.5 Å². The fraction of sp³-hybridized carbons (Fsp3) is 0.600. The molecule has 0 radical (unpaired) electrons. The lowest BCUT2D eigenvalue weighted by atomic mass is 10.4. The number of ether oxygens (including phenoxy) is 1. The number of aromatic nitrogens is 2. The molecule has 1 aliphatic rings. The zero-order valence-corrected chi connectivity index (χ0v) is 9.13. The molecule has 1 aromatic heterocycles. The van der Waals surface area contributed by atoms with Crippen molar-refractivity contribution < 1.29 is 4.74 Å². The molecule has 0 aromatic carbocycles. The highest BCUT2D eigenvalue weighted by molar-refractivity contribution is 5.23. The summed E-state index contributed by atoms with van der Waals surface area (Å²) in [6.07, 6.45) is 0. The summed E-state index contributed by atoms with van der Waals surface area (Å²) in [5.74, 6) is 0.376. The smallest absolute Gasteiger partial charge is 0.266 e. The van der Waals surface area contributed by atoms with Crippen LogP contribution in [0.1, 0.15) is 0 Å². The second kappa shape index (κ2) is 5.09. The van der Waals surface area contributed by atoms with Gasteiger partial charge in [0.1, 0.15) is 5.82 Å². The summed E-state index contributed by atoms with van der Waals surface area (Å²) in [7, 11) is 0. The van der Waals surface area contributed by atoms with Crippen LogP contribution in [0.2, 0.25) is 0 Å². The first-order chi connectivity index (χ1) is 7.75. The second-order valence-corrected chi connectivity index (χ2v) is 3.77. The highest BCUT2D eigenvalue weighted by Crippen LogP contribution is 1.97. The summed E-state index contributed by atoms with van der Waals surface area (Å²) in [5.41, 5.74) is 5.42. The van der Waals surface area contributed by atoms with E-state index in [9.17, 15) is 4.79 Å². The van der Waals surface area contributed by atoms with Crippen molar-refractivity contribution in [3.63, 3.8) is 0 Å². The molecular formula is C10H16N4O2. The average Bonchev–Trinajstić information content (AvgIpc) is 2.32. The largest absolute Gasteiger partial charge is 0.382 e. The first-order valence-electron chi connectivity index (χ1n) is 5.39. The number of nitrogens with two attached hydrogens (primary N) is 1. The summed E-state index contributed by atoms with van der Waals surface area (Å²) in [5, 5.41) is 3.98. The van der Waals surface area contributed by atoms with Crippen molar-refractivity contribution in [1.29, 1.82) is 0 Å². The van der Waals surface area contributed by atoms with Gasteiger partial charge in [0.15, 0.2) is 0 Å². The lowest BCUT2D eigenvalue weighted by Gasteiger charge is -2.26. The maximum Gasteiger partial charge on any atom is 0.266 e. The zero-order chi connectivity index (χ0) is 11.4. The Morgan fingerprint density at radius 1 is 1.31 bits per heavy atom. The Morgan fingerprint density at radius 2 is 2.06 bits per heavy atom. The summed E-state index contributed by atoms with van der Waals surface area (Å²) in [6, 6.07) is 2.97. The van der Waals surface area contributed by atoms with Crippen molar-refractivity contribution in [2.45, 2.75) is 6.54 Å². The molecule has 0 atom stereocenters. The van der Waals surface area contributed by atoms with E-state index in [0.717, 1.165) is 32.8 Å². The number of hydrogen-bond donors (Lipinski definition) is 1. The van der Waals surface area contributed by atoms with Crippen LogP contribution in [-0.4, -0.2) is 47.5 Å². The SMILES string of the molecule is Nc1ccc(=O)n(CCN2CCOCC2)n1. The minimum Gasteiger partial charge on any atom is -0.382 e. The Balaban J connectivity index is 1.93. The Labute approximate surface area is 93.6 Å². The minimum atomic E-state index is -0.109. The number of anilines is 1. The van der Waals surface area contributed by atoms with Crippen LogP contribution in [-0.2, 0) is 11.3 Å². The molecule has 0 amide bonds. The van der Waals surface area contributed by atoms with Gasteiger partial charge >= 0.3 is 0 Å². The first-order valence-corrected chi connectivity index (χ1v) is 5.39. The van der Waals surface area contributed by atoms with E-state index in [0.29, 0.717) is 12.4 Å². The van der Waals surface area contributed by atoms with E-state index in [-0.39, 0.29) is 5.56 Å². The van der Waals surface area contributed by atoms with Gasteiger partial charge in [-0.3, -0.25) is 9.69 Å². The molecule has 6 heteroatoms. The van der Waals surface area contributed by atoms with Crippen LogP contribution in [0.4, 0.5) is 5.82 Å². The second-order valence-electron chi connectivity index (χ2n) is 3.77. The predicted octanol–water partition coefficient (Wildman–Crippen LogP) is -0.842. The van der Waals surface area contributed by atoms with Crippen LogP contribution in [0.5, 0.6) is 0 Å². The summed E-state index contributed by atoms with van der Waals surface area (Å²) >= 11 is 0. The third kappa shape index (κ3) is 2.80. The Hall–Kier alpha value is -1.40. The average molecular weight is 224 g/mol. The van der Waals surface area contributed by atoms with Gasteiger partial charge in [0.2, 0.25) is 0 Å². The van der Waals surface area contributed by atoms with E-state index in [1.165, 1.54) is 16.8 Å². The topological polar surface area (TPSA) is 73.4 Å². The molecule has 1 aliphatic heterocycles. The predicted molar refractivity (Wildman–Crippen MR) is 60.2 cm³/mol. The molecule has 0 aliphatic carbocycles. The number of nitrogens with zero attached hydrogens (tertiary/aromatic N) is 3. The van der Waals surface area contributed by atoms with Crippen LogP contribution in [0.15, 0.2) is 16.9 Å². The first kappa shape index (κ1) is 11.1. The highest BCUT2D eigenvalue weighted by Gasteiger charge is 2.10. The van der Waals surface area contributed by atoms with Gasteiger partial charge in [-0.05, 0) is 6.07 Å². The molecule has 2 N–H and O–H groups in total. The molecule has 1 saturated heterocycles. The Morgan fingerprint density at radius 3 is 2.81 bits per heavy atom. The van der Waals surface area contributed by atoms with Gasteiger partial charge in [-0.1, -0.05) is 0 Å². The quantitative estimate of drug-likeness (QED) is 0.724. The fourth-order valence-electron chi connectivity index (χ4n) is 1.69. The lowest BCUT2D eigenvalue weighted by Crippen LogP contribution is -2.39. The Kier molecular flexibility index (Phi) is 3.53. The van der Waals surface area contributed by atoms with Crippen LogP contribution in [0.25, 0.3) is 0 Å². The molecule has 88 valence electrons. The molecule has 0 saturated carbocycles. The van der Waals surface area contributed by atoms with Gasteiger partial charge in [0, 0.05) is 25.7 Å².